The molecule has 0 aromatic carbocycles. The fourth-order valence-corrected chi connectivity index (χ4v) is 4.70. The second-order valence-corrected chi connectivity index (χ2v) is 8.93. The molecule has 1 aliphatic carbocycles. The number of amides is 2. The molecule has 6 nitrogen and oxygen atoms in total. The van der Waals surface area contributed by atoms with E-state index < -0.39 is 5.92 Å². The molecule has 28 heavy (non-hydrogen) atoms. The summed E-state index contributed by atoms with van der Waals surface area (Å²) in [5, 5.41) is 0. The molecule has 158 valence electrons. The van der Waals surface area contributed by atoms with E-state index >= 15 is 0 Å². The highest BCUT2D eigenvalue weighted by molar-refractivity contribution is 5.85. The van der Waals surface area contributed by atoms with E-state index in [0.29, 0.717) is 13.1 Å². The van der Waals surface area contributed by atoms with Gasteiger partial charge in [0.05, 0.1) is 12.5 Å². The Balaban J connectivity index is 1.18. The first-order chi connectivity index (χ1) is 13.4. The average molecular weight is 398 g/mol. The molecular formula is C20H32F2N4O2. The van der Waals surface area contributed by atoms with Crippen molar-refractivity contribution in [2.45, 2.75) is 50.5 Å². The van der Waals surface area contributed by atoms with Crippen LogP contribution in [0.15, 0.2) is 0 Å². The summed E-state index contributed by atoms with van der Waals surface area (Å²) in [7, 11) is 0. The van der Waals surface area contributed by atoms with Crippen LogP contribution in [0.3, 0.4) is 0 Å². The number of likely N-dealkylation sites (tertiary alicyclic amines) is 2. The maximum atomic E-state index is 13.2. The molecule has 3 aliphatic heterocycles. The molecule has 4 aliphatic rings. The summed E-state index contributed by atoms with van der Waals surface area (Å²) in [6.45, 7) is 5.33. The largest absolute Gasteiger partial charge is 0.341 e. The molecule has 0 spiro atoms. The van der Waals surface area contributed by atoms with E-state index in [1.807, 2.05) is 4.90 Å². The standard InChI is InChI=1S/C20H32F2N4O2/c21-20(22)5-9-23(10-6-20)15-18(27)26-13-16(14-26)19(28)25-8-2-7-24(11-12-25)17-3-1-4-17/h16-17H,1-15H2. The molecular weight excluding hydrogens is 366 g/mol. The van der Waals surface area contributed by atoms with Gasteiger partial charge in [-0.3, -0.25) is 19.4 Å². The molecule has 4 rings (SSSR count). The van der Waals surface area contributed by atoms with E-state index in [4.69, 9.17) is 0 Å². The molecule has 0 N–H and O–H groups in total. The number of nitrogens with zero attached hydrogens (tertiary/aromatic N) is 4. The molecule has 0 atom stereocenters. The summed E-state index contributed by atoms with van der Waals surface area (Å²) in [4.78, 5) is 33.2. The molecule has 1 saturated carbocycles. The smallest absolute Gasteiger partial charge is 0.250 e. The molecule has 0 aromatic heterocycles. The number of carbonyl (C=O) groups excluding carboxylic acids is 2. The summed E-state index contributed by atoms with van der Waals surface area (Å²) < 4.78 is 26.4. The highest BCUT2D eigenvalue weighted by Gasteiger charge is 2.40. The van der Waals surface area contributed by atoms with Gasteiger partial charge in [0.2, 0.25) is 11.8 Å². The SMILES string of the molecule is O=C(CN1CCC(F)(F)CC1)N1CC(C(=O)N2CCCN(C3CCC3)CC2)C1. The molecule has 0 aromatic rings. The minimum absolute atomic E-state index is 0.0405. The van der Waals surface area contributed by atoms with Crippen molar-refractivity contribution in [2.75, 3.05) is 58.9 Å². The van der Waals surface area contributed by atoms with Crippen LogP contribution in [0.5, 0.6) is 0 Å². The quantitative estimate of drug-likeness (QED) is 0.716. The zero-order valence-electron chi connectivity index (χ0n) is 16.6. The molecule has 4 fully saturated rings. The van der Waals surface area contributed by atoms with Gasteiger partial charge in [0.1, 0.15) is 0 Å². The van der Waals surface area contributed by atoms with Gasteiger partial charge < -0.3 is 9.80 Å². The first-order valence-corrected chi connectivity index (χ1v) is 10.8. The average Bonchev–Trinajstić information content (AvgIpc) is 2.80. The maximum absolute atomic E-state index is 13.2. The Morgan fingerprint density at radius 2 is 1.57 bits per heavy atom. The van der Waals surface area contributed by atoms with Gasteiger partial charge >= 0.3 is 0 Å². The van der Waals surface area contributed by atoms with Crippen LogP contribution in [0.2, 0.25) is 0 Å². The van der Waals surface area contributed by atoms with Crippen molar-refractivity contribution >= 4 is 11.8 Å². The summed E-state index contributed by atoms with van der Waals surface area (Å²) in [5.74, 6) is -2.54. The maximum Gasteiger partial charge on any atom is 0.250 e. The molecule has 8 heteroatoms. The molecule has 0 unspecified atom stereocenters. The van der Waals surface area contributed by atoms with Crippen LogP contribution in [0.1, 0.15) is 38.5 Å². The lowest BCUT2D eigenvalue weighted by Gasteiger charge is -2.42. The van der Waals surface area contributed by atoms with Gasteiger partial charge in [-0.15, -0.1) is 0 Å². The van der Waals surface area contributed by atoms with Crippen LogP contribution in [-0.2, 0) is 9.59 Å². The summed E-state index contributed by atoms with van der Waals surface area (Å²) in [5.41, 5.74) is 0. The topological polar surface area (TPSA) is 47.1 Å². The van der Waals surface area contributed by atoms with Crippen molar-refractivity contribution < 1.29 is 18.4 Å². The van der Waals surface area contributed by atoms with Crippen LogP contribution < -0.4 is 0 Å². The Bertz CT molecular complexity index is 583. The van der Waals surface area contributed by atoms with E-state index in [9.17, 15) is 18.4 Å². The van der Waals surface area contributed by atoms with E-state index in [0.717, 1.165) is 38.6 Å². The first kappa shape index (κ1) is 20.0. The molecule has 0 radical (unpaired) electrons. The number of hydrogen-bond donors (Lipinski definition) is 0. The minimum Gasteiger partial charge on any atom is -0.341 e. The minimum atomic E-state index is -2.59. The number of hydrogen-bond acceptors (Lipinski definition) is 4. The van der Waals surface area contributed by atoms with Crippen molar-refractivity contribution in [1.29, 1.82) is 0 Å². The highest BCUT2D eigenvalue weighted by Crippen LogP contribution is 2.28. The third-order valence-electron chi connectivity index (χ3n) is 6.96. The Morgan fingerprint density at radius 1 is 0.857 bits per heavy atom. The zero-order chi connectivity index (χ0) is 19.7. The predicted molar refractivity (Wildman–Crippen MR) is 101 cm³/mol. The van der Waals surface area contributed by atoms with Crippen molar-refractivity contribution in [3.8, 4) is 0 Å². The van der Waals surface area contributed by atoms with E-state index in [-0.39, 0.29) is 50.2 Å². The van der Waals surface area contributed by atoms with Gasteiger partial charge in [-0.05, 0) is 19.3 Å². The van der Waals surface area contributed by atoms with Crippen LogP contribution in [0.25, 0.3) is 0 Å². The number of rotatable bonds is 4. The lowest BCUT2D eigenvalue weighted by molar-refractivity contribution is -0.149. The second kappa shape index (κ2) is 8.22. The lowest BCUT2D eigenvalue weighted by atomic mass is 9.91. The molecule has 3 saturated heterocycles. The fourth-order valence-electron chi connectivity index (χ4n) is 4.70. The Hall–Kier alpha value is -1.28. The van der Waals surface area contributed by atoms with Crippen LogP contribution in [0, 0.1) is 5.92 Å². The second-order valence-electron chi connectivity index (χ2n) is 8.93. The number of carbonyl (C=O) groups is 2. The summed E-state index contributed by atoms with van der Waals surface area (Å²) in [6.07, 6.45) is 4.60. The Morgan fingerprint density at radius 3 is 2.21 bits per heavy atom. The van der Waals surface area contributed by atoms with E-state index in [1.165, 1.54) is 19.3 Å². The number of piperidine rings is 1. The molecule has 3 heterocycles. The zero-order valence-corrected chi connectivity index (χ0v) is 16.6. The van der Waals surface area contributed by atoms with Crippen molar-refractivity contribution in [1.82, 2.24) is 19.6 Å². The van der Waals surface area contributed by atoms with Crippen LogP contribution >= 0.6 is 0 Å². The van der Waals surface area contributed by atoms with Gasteiger partial charge in [0, 0.05) is 71.2 Å². The first-order valence-electron chi connectivity index (χ1n) is 10.8. The third kappa shape index (κ3) is 4.48. The summed E-state index contributed by atoms with van der Waals surface area (Å²) in [6, 6.07) is 0.724. The van der Waals surface area contributed by atoms with Gasteiger partial charge in [-0.2, -0.15) is 0 Å². The fraction of sp³-hybridized carbons (Fsp3) is 0.900. The van der Waals surface area contributed by atoms with Crippen molar-refractivity contribution in [3.05, 3.63) is 0 Å². The number of halogens is 2. The lowest BCUT2D eigenvalue weighted by Crippen LogP contribution is -2.58. The third-order valence-corrected chi connectivity index (χ3v) is 6.96. The van der Waals surface area contributed by atoms with Gasteiger partial charge in [0.15, 0.2) is 0 Å². The van der Waals surface area contributed by atoms with Gasteiger partial charge in [0.25, 0.3) is 5.92 Å². The number of alkyl halides is 2. The molecule has 2 amide bonds. The Kier molecular flexibility index (Phi) is 5.88. The summed E-state index contributed by atoms with van der Waals surface area (Å²) >= 11 is 0. The van der Waals surface area contributed by atoms with Gasteiger partial charge in [-0.1, -0.05) is 6.42 Å². The van der Waals surface area contributed by atoms with E-state index in [2.05, 4.69) is 4.90 Å². The van der Waals surface area contributed by atoms with Gasteiger partial charge in [-0.25, -0.2) is 8.78 Å². The normalized spacial score (nSPS) is 27.8. The van der Waals surface area contributed by atoms with E-state index in [1.54, 1.807) is 9.80 Å². The Labute approximate surface area is 165 Å². The van der Waals surface area contributed by atoms with Crippen LogP contribution in [-0.4, -0.2) is 102 Å². The van der Waals surface area contributed by atoms with Crippen molar-refractivity contribution in [3.63, 3.8) is 0 Å². The van der Waals surface area contributed by atoms with Crippen LogP contribution in [0.4, 0.5) is 8.78 Å². The predicted octanol–water partition coefficient (Wildman–Crippen LogP) is 1.26. The molecule has 0 bridgehead atoms. The monoisotopic (exact) mass is 398 g/mol. The highest BCUT2D eigenvalue weighted by atomic mass is 19.3. The van der Waals surface area contributed by atoms with Crippen molar-refractivity contribution in [2.24, 2.45) is 5.92 Å².